The first-order valence-corrected chi connectivity index (χ1v) is 5.47. The summed E-state index contributed by atoms with van der Waals surface area (Å²) in [6.07, 6.45) is 0. The molecule has 1 N–H and O–H groups in total. The van der Waals surface area contributed by atoms with Gasteiger partial charge in [-0.25, -0.2) is 4.79 Å². The van der Waals surface area contributed by atoms with Gasteiger partial charge in [0.1, 0.15) is 6.61 Å². The summed E-state index contributed by atoms with van der Waals surface area (Å²) in [6, 6.07) is 3.32. The summed E-state index contributed by atoms with van der Waals surface area (Å²) in [5, 5.41) is 15.9. The van der Waals surface area contributed by atoms with Crippen LogP contribution < -0.4 is 0 Å². The van der Waals surface area contributed by atoms with Gasteiger partial charge in [0.05, 0.1) is 6.61 Å². The largest absolute Gasteiger partial charge is 0.476 e. The van der Waals surface area contributed by atoms with E-state index in [1.54, 1.807) is 11.3 Å². The first-order chi connectivity index (χ1) is 7.75. The third-order valence-corrected chi connectivity index (χ3v) is 2.60. The fourth-order valence-corrected chi connectivity index (χ4v) is 1.78. The smallest absolute Gasteiger partial charge is 0.358 e. The Hall–Kier alpha value is -1.66. The van der Waals surface area contributed by atoms with Crippen LogP contribution in [0, 0.1) is 0 Å². The molecule has 0 aromatic carbocycles. The van der Waals surface area contributed by atoms with Gasteiger partial charge in [-0.15, -0.1) is 0 Å². The van der Waals surface area contributed by atoms with Crippen molar-refractivity contribution in [2.24, 2.45) is 0 Å². The summed E-state index contributed by atoms with van der Waals surface area (Å²) in [5.41, 5.74) is 0.983. The third kappa shape index (κ3) is 2.68. The number of carboxylic acid groups (broad SMARTS) is 1. The Labute approximate surface area is 95.3 Å². The fraction of sp³-hybridized carbons (Fsp3) is 0.200. The zero-order chi connectivity index (χ0) is 11.4. The molecule has 0 unspecified atom stereocenters. The molecule has 0 saturated carbocycles. The Balaban J connectivity index is 1.83. The number of carbonyl (C=O) groups is 1. The van der Waals surface area contributed by atoms with E-state index in [9.17, 15) is 4.79 Å². The van der Waals surface area contributed by atoms with Gasteiger partial charge in [-0.05, 0) is 22.4 Å². The van der Waals surface area contributed by atoms with Crippen LogP contribution in [0.15, 0.2) is 27.4 Å². The van der Waals surface area contributed by atoms with Gasteiger partial charge in [0.2, 0.25) is 0 Å². The lowest BCUT2D eigenvalue weighted by Gasteiger charge is -1.97. The number of hydrogen-bond acceptors (Lipinski definition) is 5. The zero-order valence-electron chi connectivity index (χ0n) is 8.25. The van der Waals surface area contributed by atoms with Crippen molar-refractivity contribution in [2.45, 2.75) is 13.2 Å². The van der Waals surface area contributed by atoms with E-state index in [2.05, 4.69) is 5.16 Å². The maximum Gasteiger partial charge on any atom is 0.358 e. The van der Waals surface area contributed by atoms with Crippen molar-refractivity contribution in [1.29, 1.82) is 0 Å². The summed E-state index contributed by atoms with van der Waals surface area (Å²) < 4.78 is 10.1. The second-order valence-corrected chi connectivity index (χ2v) is 3.89. The average molecular weight is 239 g/mol. The van der Waals surface area contributed by atoms with Crippen LogP contribution in [0.25, 0.3) is 0 Å². The maximum absolute atomic E-state index is 10.5. The molecule has 2 aromatic rings. The van der Waals surface area contributed by atoms with Gasteiger partial charge >= 0.3 is 5.97 Å². The van der Waals surface area contributed by atoms with E-state index in [1.165, 1.54) is 6.07 Å². The summed E-state index contributed by atoms with van der Waals surface area (Å²) in [7, 11) is 0. The summed E-state index contributed by atoms with van der Waals surface area (Å²) in [4.78, 5) is 10.5. The second kappa shape index (κ2) is 4.91. The lowest BCUT2D eigenvalue weighted by Crippen LogP contribution is -1.95. The van der Waals surface area contributed by atoms with E-state index in [0.717, 1.165) is 5.56 Å². The normalized spacial score (nSPS) is 10.5. The Morgan fingerprint density at radius 1 is 1.56 bits per heavy atom. The molecule has 0 amide bonds. The lowest BCUT2D eigenvalue weighted by molar-refractivity contribution is 0.0683. The SMILES string of the molecule is O=C(O)c1cc(COCc2ccsc2)on1. The number of aromatic carboxylic acids is 1. The molecule has 0 aliphatic carbocycles. The van der Waals surface area contributed by atoms with E-state index in [-0.39, 0.29) is 12.3 Å². The molecule has 0 radical (unpaired) electrons. The average Bonchev–Trinajstić information content (AvgIpc) is 2.87. The number of nitrogens with zero attached hydrogens (tertiary/aromatic N) is 1. The number of thiophene rings is 1. The highest BCUT2D eigenvalue weighted by atomic mass is 32.1. The molecule has 0 bridgehead atoms. The quantitative estimate of drug-likeness (QED) is 0.865. The molecule has 0 aliphatic heterocycles. The zero-order valence-corrected chi connectivity index (χ0v) is 9.07. The van der Waals surface area contributed by atoms with Crippen LogP contribution >= 0.6 is 11.3 Å². The molecule has 0 spiro atoms. The van der Waals surface area contributed by atoms with Gasteiger partial charge < -0.3 is 14.4 Å². The van der Waals surface area contributed by atoms with Gasteiger partial charge in [0, 0.05) is 6.07 Å². The van der Waals surface area contributed by atoms with Gasteiger partial charge in [-0.2, -0.15) is 11.3 Å². The molecule has 2 heterocycles. The number of hydrogen-bond donors (Lipinski definition) is 1. The molecule has 84 valence electrons. The van der Waals surface area contributed by atoms with E-state index in [4.69, 9.17) is 14.4 Å². The van der Waals surface area contributed by atoms with Gasteiger partial charge in [-0.1, -0.05) is 5.16 Å². The van der Waals surface area contributed by atoms with Crippen LogP contribution in [-0.4, -0.2) is 16.2 Å². The maximum atomic E-state index is 10.5. The molecule has 0 atom stereocenters. The highest BCUT2D eigenvalue weighted by Crippen LogP contribution is 2.10. The number of carboxylic acids is 1. The topological polar surface area (TPSA) is 72.6 Å². The van der Waals surface area contributed by atoms with Gasteiger partial charge in [0.25, 0.3) is 0 Å². The Morgan fingerprint density at radius 3 is 3.06 bits per heavy atom. The minimum Gasteiger partial charge on any atom is -0.476 e. The molecular weight excluding hydrogens is 230 g/mol. The van der Waals surface area contributed by atoms with E-state index in [0.29, 0.717) is 12.4 Å². The third-order valence-electron chi connectivity index (χ3n) is 1.87. The standard InChI is InChI=1S/C10H9NO4S/c12-10(13)9-3-8(15-11-9)5-14-4-7-1-2-16-6-7/h1-3,6H,4-5H2,(H,12,13). The van der Waals surface area contributed by atoms with Crippen LogP contribution in [0.1, 0.15) is 21.8 Å². The summed E-state index contributed by atoms with van der Waals surface area (Å²) >= 11 is 1.60. The first kappa shape index (κ1) is 10.8. The molecule has 0 aliphatic rings. The van der Waals surface area contributed by atoms with Crippen molar-refractivity contribution >= 4 is 17.3 Å². The van der Waals surface area contributed by atoms with Crippen molar-refractivity contribution in [3.63, 3.8) is 0 Å². The molecule has 2 aromatic heterocycles. The minimum absolute atomic E-state index is 0.103. The Kier molecular flexibility index (Phi) is 3.33. The van der Waals surface area contributed by atoms with Crippen molar-refractivity contribution in [2.75, 3.05) is 0 Å². The van der Waals surface area contributed by atoms with E-state index >= 15 is 0 Å². The molecular formula is C10H9NO4S. The molecule has 2 rings (SSSR count). The van der Waals surface area contributed by atoms with Crippen LogP contribution in [0.4, 0.5) is 0 Å². The highest BCUT2D eigenvalue weighted by Gasteiger charge is 2.10. The van der Waals surface area contributed by atoms with Crippen molar-refractivity contribution in [3.8, 4) is 0 Å². The Bertz CT molecular complexity index is 463. The molecule has 5 nitrogen and oxygen atoms in total. The van der Waals surface area contributed by atoms with E-state index < -0.39 is 5.97 Å². The highest BCUT2D eigenvalue weighted by molar-refractivity contribution is 7.07. The van der Waals surface area contributed by atoms with Crippen LogP contribution in [-0.2, 0) is 18.0 Å². The summed E-state index contributed by atoms with van der Waals surface area (Å²) in [5.74, 6) is -0.694. The predicted molar refractivity (Wildman–Crippen MR) is 56.3 cm³/mol. The second-order valence-electron chi connectivity index (χ2n) is 3.11. The first-order valence-electron chi connectivity index (χ1n) is 4.53. The minimum atomic E-state index is -1.10. The molecule has 0 saturated heterocycles. The van der Waals surface area contributed by atoms with Gasteiger partial charge in [-0.3, -0.25) is 0 Å². The molecule has 6 heteroatoms. The predicted octanol–water partition coefficient (Wildman–Crippen LogP) is 2.15. The van der Waals surface area contributed by atoms with Crippen LogP contribution in [0.2, 0.25) is 0 Å². The van der Waals surface area contributed by atoms with Crippen LogP contribution in [0.3, 0.4) is 0 Å². The number of aromatic nitrogens is 1. The molecule has 16 heavy (non-hydrogen) atoms. The monoisotopic (exact) mass is 239 g/mol. The van der Waals surface area contributed by atoms with Crippen molar-refractivity contribution in [3.05, 3.63) is 39.9 Å². The number of rotatable bonds is 5. The van der Waals surface area contributed by atoms with E-state index in [1.807, 2.05) is 16.8 Å². The lowest BCUT2D eigenvalue weighted by atomic mass is 10.3. The number of ether oxygens (including phenoxy) is 1. The molecule has 0 fully saturated rings. The van der Waals surface area contributed by atoms with Gasteiger partial charge in [0.15, 0.2) is 11.5 Å². The van der Waals surface area contributed by atoms with Crippen LogP contribution in [0.5, 0.6) is 0 Å². The van der Waals surface area contributed by atoms with Crippen molar-refractivity contribution < 1.29 is 19.2 Å². The fourth-order valence-electron chi connectivity index (χ4n) is 1.13. The summed E-state index contributed by atoms with van der Waals surface area (Å²) in [6.45, 7) is 0.697. The van der Waals surface area contributed by atoms with Crippen molar-refractivity contribution in [1.82, 2.24) is 5.16 Å². The Morgan fingerprint density at radius 2 is 2.44 bits per heavy atom.